The van der Waals surface area contributed by atoms with Crippen LogP contribution in [0.5, 0.6) is 0 Å². The van der Waals surface area contributed by atoms with Crippen molar-refractivity contribution in [1.29, 1.82) is 0 Å². The van der Waals surface area contributed by atoms with Crippen molar-refractivity contribution in [3.8, 4) is 0 Å². The molecular formula is C45H80O3Si3. The molecule has 0 amide bonds. The van der Waals surface area contributed by atoms with Gasteiger partial charge in [-0.25, -0.2) is 0 Å². The first-order valence-electron chi connectivity index (χ1n) is 20.1. The maximum atomic E-state index is 7.11. The predicted molar refractivity (Wildman–Crippen MR) is 231 cm³/mol. The number of hydrogen-bond acceptors (Lipinski definition) is 3. The van der Waals surface area contributed by atoms with E-state index < -0.39 is 25.0 Å². The van der Waals surface area contributed by atoms with Crippen molar-refractivity contribution < 1.29 is 13.3 Å². The van der Waals surface area contributed by atoms with Gasteiger partial charge in [0.2, 0.25) is 0 Å². The standard InChI is InChI=1S/C45H80O3Si3/c1-33(23-21-29-44(12,13)48-51(19,20)43(9,10)11)38-27-28-39-35(24-22-30-45(38,39)14)25-26-36-31-37(46-49(15,16)41(3,4)5)32-40(34(36)2)47-50(17,18)42(6,7)8/h23,25-27,29,33,37,39-40H,2,22,24,28,30-32H2,1,3-20H3/b35-25+,36-26-/t21?,33-,37-,39+,40+,45-/m1/s1. The summed E-state index contributed by atoms with van der Waals surface area (Å²) in [6.07, 6.45) is 18.7. The van der Waals surface area contributed by atoms with E-state index in [-0.39, 0.29) is 38.3 Å². The maximum Gasteiger partial charge on any atom is 0.193 e. The van der Waals surface area contributed by atoms with Crippen LogP contribution in [-0.4, -0.2) is 42.8 Å². The Morgan fingerprint density at radius 1 is 0.843 bits per heavy atom. The zero-order valence-electron chi connectivity index (χ0n) is 36.9. The second-order valence-electron chi connectivity index (χ2n) is 21.7. The molecular weight excluding hydrogens is 673 g/mol. The van der Waals surface area contributed by atoms with Crippen molar-refractivity contribution >= 4 is 25.0 Å². The van der Waals surface area contributed by atoms with Gasteiger partial charge in [-0.2, -0.15) is 0 Å². The minimum atomic E-state index is -2.00. The Morgan fingerprint density at radius 3 is 1.94 bits per heavy atom. The van der Waals surface area contributed by atoms with Crippen LogP contribution in [-0.2, 0) is 13.3 Å². The molecule has 3 nitrogen and oxygen atoms in total. The molecule has 0 aromatic rings. The van der Waals surface area contributed by atoms with Crippen molar-refractivity contribution in [2.75, 3.05) is 0 Å². The van der Waals surface area contributed by atoms with Gasteiger partial charge in [0.05, 0.1) is 17.8 Å². The Kier molecular flexibility index (Phi) is 13.3. The summed E-state index contributed by atoms with van der Waals surface area (Å²) in [6, 6.07) is 0. The average Bonchev–Trinajstić information content (AvgIpc) is 3.28. The average molecular weight is 753 g/mol. The highest BCUT2D eigenvalue weighted by Gasteiger charge is 2.47. The van der Waals surface area contributed by atoms with Gasteiger partial charge in [0.15, 0.2) is 25.0 Å². The van der Waals surface area contributed by atoms with Gasteiger partial charge in [-0.15, -0.1) is 5.73 Å². The van der Waals surface area contributed by atoms with Crippen molar-refractivity contribution in [3.63, 3.8) is 0 Å². The molecule has 3 aliphatic carbocycles. The van der Waals surface area contributed by atoms with Crippen molar-refractivity contribution in [1.82, 2.24) is 0 Å². The van der Waals surface area contributed by atoms with E-state index in [0.717, 1.165) is 19.3 Å². The molecule has 0 saturated heterocycles. The van der Waals surface area contributed by atoms with E-state index in [0.29, 0.717) is 11.8 Å². The van der Waals surface area contributed by atoms with Gasteiger partial charge in [-0.3, -0.25) is 0 Å². The van der Waals surface area contributed by atoms with Gasteiger partial charge in [-0.05, 0) is 135 Å². The Hall–Kier alpha value is -0.989. The van der Waals surface area contributed by atoms with E-state index in [4.69, 9.17) is 19.9 Å². The smallest absolute Gasteiger partial charge is 0.193 e. The first-order chi connectivity index (χ1) is 22.8. The van der Waals surface area contributed by atoms with E-state index in [9.17, 15) is 0 Å². The second-order valence-corrected chi connectivity index (χ2v) is 36.0. The molecule has 6 heteroatoms. The molecule has 2 fully saturated rings. The molecule has 290 valence electrons. The van der Waals surface area contributed by atoms with Crippen LogP contribution in [0.25, 0.3) is 0 Å². The van der Waals surface area contributed by atoms with Crippen LogP contribution in [0.4, 0.5) is 0 Å². The zero-order chi connectivity index (χ0) is 39.2. The van der Waals surface area contributed by atoms with Crippen LogP contribution < -0.4 is 0 Å². The molecule has 0 radical (unpaired) electrons. The molecule has 2 saturated carbocycles. The molecule has 0 aromatic heterocycles. The quantitative estimate of drug-likeness (QED) is 0.126. The summed E-state index contributed by atoms with van der Waals surface area (Å²) in [7, 11) is -5.83. The second kappa shape index (κ2) is 15.3. The molecule has 5 atom stereocenters. The SMILES string of the molecule is C=C1/C(=C\C=C2/CCC[C@]3(C)C([C@H](C)C=C=CC(C)(C)O[Si](C)(C)C(C)(C)C)=CC[C@@H]23)C[C@@H](O[Si](C)(C)C(C)(C)C)C[C@@H]1O[Si](C)(C)C(C)(C)C. The highest BCUT2D eigenvalue weighted by atomic mass is 28.4. The maximum absolute atomic E-state index is 7.11. The summed E-state index contributed by atoms with van der Waals surface area (Å²) >= 11 is 0. The monoisotopic (exact) mass is 753 g/mol. The Morgan fingerprint density at radius 2 is 1.39 bits per heavy atom. The van der Waals surface area contributed by atoms with E-state index in [1.54, 1.807) is 11.1 Å². The molecule has 0 aromatic carbocycles. The lowest BCUT2D eigenvalue weighted by molar-refractivity contribution is 0.0969. The summed E-state index contributed by atoms with van der Waals surface area (Å²) in [6.45, 7) is 49.1. The molecule has 3 rings (SSSR count). The van der Waals surface area contributed by atoms with Crippen LogP contribution in [0.15, 0.2) is 65.0 Å². The summed E-state index contributed by atoms with van der Waals surface area (Å²) < 4.78 is 21.0. The minimum Gasteiger partial charge on any atom is -0.413 e. The lowest BCUT2D eigenvalue weighted by Crippen LogP contribution is -2.49. The largest absolute Gasteiger partial charge is 0.413 e. The fourth-order valence-electron chi connectivity index (χ4n) is 7.65. The molecule has 0 bridgehead atoms. The summed E-state index contributed by atoms with van der Waals surface area (Å²) in [4.78, 5) is 0. The van der Waals surface area contributed by atoms with Crippen LogP contribution in [0, 0.1) is 17.3 Å². The Bertz CT molecular complexity index is 1430. The van der Waals surface area contributed by atoms with Gasteiger partial charge >= 0.3 is 0 Å². The van der Waals surface area contributed by atoms with Gasteiger partial charge < -0.3 is 13.3 Å². The van der Waals surface area contributed by atoms with Crippen LogP contribution in [0.3, 0.4) is 0 Å². The highest BCUT2D eigenvalue weighted by molar-refractivity contribution is 6.75. The van der Waals surface area contributed by atoms with Crippen LogP contribution in [0.2, 0.25) is 54.4 Å². The number of allylic oxidation sites excluding steroid dienone is 5. The topological polar surface area (TPSA) is 27.7 Å². The number of rotatable bonds is 10. The van der Waals surface area contributed by atoms with E-state index in [1.165, 1.54) is 30.4 Å². The molecule has 0 aliphatic heterocycles. The predicted octanol–water partition coefficient (Wildman–Crippen LogP) is 14.3. The van der Waals surface area contributed by atoms with Crippen molar-refractivity contribution in [2.45, 2.75) is 201 Å². The summed E-state index contributed by atoms with van der Waals surface area (Å²) in [5, 5.41) is 0.489. The number of hydrogen-bond donors (Lipinski definition) is 0. The third-order valence-electron chi connectivity index (χ3n) is 13.9. The fraction of sp³-hybridized carbons (Fsp3) is 0.756. The molecule has 0 spiro atoms. The lowest BCUT2D eigenvalue weighted by Gasteiger charge is -2.45. The molecule has 51 heavy (non-hydrogen) atoms. The van der Waals surface area contributed by atoms with Crippen LogP contribution >= 0.6 is 0 Å². The van der Waals surface area contributed by atoms with Crippen molar-refractivity contribution in [2.24, 2.45) is 17.3 Å². The molecule has 0 N–H and O–H groups in total. The molecule has 0 heterocycles. The fourth-order valence-corrected chi connectivity index (χ4v) is 12.0. The lowest BCUT2D eigenvalue weighted by atomic mass is 9.62. The first kappa shape index (κ1) is 44.4. The summed E-state index contributed by atoms with van der Waals surface area (Å²) in [5.74, 6) is 0.893. The van der Waals surface area contributed by atoms with Gasteiger partial charge in [0.1, 0.15) is 0 Å². The van der Waals surface area contributed by atoms with E-state index in [1.807, 2.05) is 0 Å². The highest BCUT2D eigenvalue weighted by Crippen LogP contribution is 2.57. The van der Waals surface area contributed by atoms with Crippen LogP contribution in [0.1, 0.15) is 129 Å². The molecule has 0 unspecified atom stereocenters. The van der Waals surface area contributed by atoms with Crippen molar-refractivity contribution in [3.05, 3.63) is 65.0 Å². The number of fused-ring (bicyclic) bond motifs is 1. The Balaban J connectivity index is 1.88. The van der Waals surface area contributed by atoms with E-state index in [2.05, 4.69) is 165 Å². The zero-order valence-corrected chi connectivity index (χ0v) is 39.9. The van der Waals surface area contributed by atoms with Gasteiger partial charge in [0, 0.05) is 12.3 Å². The third kappa shape index (κ3) is 10.4. The normalized spacial score (nSPS) is 28.0. The molecule has 3 aliphatic rings. The van der Waals surface area contributed by atoms with Gasteiger partial charge in [0.25, 0.3) is 0 Å². The Labute approximate surface area is 319 Å². The first-order valence-corrected chi connectivity index (χ1v) is 28.8. The van der Waals surface area contributed by atoms with E-state index >= 15 is 0 Å². The third-order valence-corrected chi connectivity index (χ3v) is 27.6. The van der Waals surface area contributed by atoms with Gasteiger partial charge in [-0.1, -0.05) is 112 Å². The minimum absolute atomic E-state index is 0.00776. The summed E-state index contributed by atoms with van der Waals surface area (Å²) in [5.41, 5.74) is 9.10.